The van der Waals surface area contributed by atoms with Gasteiger partial charge >= 0.3 is 0 Å². The number of likely N-dealkylation sites (N-methyl/N-ethyl adjacent to an activating group) is 1. The second-order valence-corrected chi connectivity index (χ2v) is 7.82. The molecule has 2 nitrogen and oxygen atoms in total. The zero-order chi connectivity index (χ0) is 13.1. The van der Waals surface area contributed by atoms with Gasteiger partial charge in [0, 0.05) is 6.04 Å². The molecule has 1 heterocycles. The molecule has 0 atom stereocenters. The number of carbonyl (C=O) groups excluding carboxylic acids is 1. The molecule has 0 aliphatic heterocycles. The molecule has 1 aliphatic rings. The summed E-state index contributed by atoms with van der Waals surface area (Å²) in [5, 5.41) is 0. The number of ketones is 1. The van der Waals surface area contributed by atoms with Gasteiger partial charge in [0.15, 0.2) is 5.78 Å². The van der Waals surface area contributed by atoms with Gasteiger partial charge in [-0.05, 0) is 66.7 Å². The van der Waals surface area contributed by atoms with Crippen LogP contribution < -0.4 is 0 Å². The van der Waals surface area contributed by atoms with Gasteiger partial charge in [-0.2, -0.15) is 0 Å². The summed E-state index contributed by atoms with van der Waals surface area (Å²) in [4.78, 5) is 15.2. The van der Waals surface area contributed by atoms with E-state index in [1.807, 2.05) is 12.1 Å². The Morgan fingerprint density at radius 2 is 2.06 bits per heavy atom. The minimum absolute atomic E-state index is 0.242. The van der Waals surface area contributed by atoms with Gasteiger partial charge in [0.2, 0.25) is 0 Å². The minimum Gasteiger partial charge on any atom is -0.296 e. The summed E-state index contributed by atoms with van der Waals surface area (Å²) in [7, 11) is 2.08. The van der Waals surface area contributed by atoms with Crippen LogP contribution in [0.3, 0.4) is 0 Å². The SMILES string of the molecule is CC1CCC(N(C)CC(=O)c2ccc(Br)s2)CC1. The fraction of sp³-hybridized carbons (Fsp3) is 0.643. The standard InChI is InChI=1S/C14H20BrNOS/c1-10-3-5-11(6-4-10)16(2)9-12(17)13-7-8-14(15)18-13/h7-8,10-11H,3-6,9H2,1-2H3. The Kier molecular flexibility index (Phi) is 4.98. The largest absolute Gasteiger partial charge is 0.296 e. The van der Waals surface area contributed by atoms with Crippen LogP contribution >= 0.6 is 27.3 Å². The first kappa shape index (κ1) is 14.2. The number of Topliss-reactive ketones (excluding diaryl/α,β-unsaturated/α-hetero) is 1. The molecule has 1 aliphatic carbocycles. The molecule has 18 heavy (non-hydrogen) atoms. The molecule has 0 radical (unpaired) electrons. The third-order valence-corrected chi connectivity index (χ3v) is 5.51. The summed E-state index contributed by atoms with van der Waals surface area (Å²) < 4.78 is 1.03. The van der Waals surface area contributed by atoms with Crippen molar-refractivity contribution in [2.24, 2.45) is 5.92 Å². The summed E-state index contributed by atoms with van der Waals surface area (Å²) in [5.74, 6) is 1.10. The van der Waals surface area contributed by atoms with E-state index in [-0.39, 0.29) is 5.78 Å². The van der Waals surface area contributed by atoms with E-state index in [1.54, 1.807) is 0 Å². The molecular formula is C14H20BrNOS. The van der Waals surface area contributed by atoms with Gasteiger partial charge in [0.05, 0.1) is 15.2 Å². The smallest absolute Gasteiger partial charge is 0.186 e. The number of rotatable bonds is 4. The van der Waals surface area contributed by atoms with Gasteiger partial charge in [0.25, 0.3) is 0 Å². The van der Waals surface area contributed by atoms with E-state index in [1.165, 1.54) is 37.0 Å². The van der Waals surface area contributed by atoms with Crippen LogP contribution in [0, 0.1) is 5.92 Å². The molecule has 0 amide bonds. The average Bonchev–Trinajstić information content (AvgIpc) is 2.76. The topological polar surface area (TPSA) is 20.3 Å². The molecule has 0 spiro atoms. The lowest BCUT2D eigenvalue weighted by Gasteiger charge is -2.33. The highest BCUT2D eigenvalue weighted by Gasteiger charge is 2.23. The van der Waals surface area contributed by atoms with Crippen molar-refractivity contribution < 1.29 is 4.79 Å². The van der Waals surface area contributed by atoms with Gasteiger partial charge in [-0.3, -0.25) is 9.69 Å². The van der Waals surface area contributed by atoms with Crippen LogP contribution in [0.1, 0.15) is 42.3 Å². The second kappa shape index (κ2) is 6.31. The van der Waals surface area contributed by atoms with Crippen LogP contribution in [0.2, 0.25) is 0 Å². The Hall–Kier alpha value is -0.190. The van der Waals surface area contributed by atoms with Crippen LogP contribution in [0.15, 0.2) is 15.9 Å². The van der Waals surface area contributed by atoms with Crippen molar-refractivity contribution in [3.8, 4) is 0 Å². The number of thiophene rings is 1. The Labute approximate surface area is 122 Å². The monoisotopic (exact) mass is 329 g/mol. The van der Waals surface area contributed by atoms with Gasteiger partial charge in [0.1, 0.15) is 0 Å². The van der Waals surface area contributed by atoms with Gasteiger partial charge in [-0.1, -0.05) is 6.92 Å². The maximum absolute atomic E-state index is 12.1. The maximum Gasteiger partial charge on any atom is 0.186 e. The normalized spacial score (nSPS) is 24.4. The number of hydrogen-bond acceptors (Lipinski definition) is 3. The van der Waals surface area contributed by atoms with E-state index >= 15 is 0 Å². The van der Waals surface area contributed by atoms with Crippen molar-refractivity contribution in [2.75, 3.05) is 13.6 Å². The predicted molar refractivity (Wildman–Crippen MR) is 80.4 cm³/mol. The van der Waals surface area contributed by atoms with Crippen LogP contribution in [-0.2, 0) is 0 Å². The fourth-order valence-corrected chi connectivity index (χ4v) is 3.90. The number of nitrogens with zero attached hydrogens (tertiary/aromatic N) is 1. The van der Waals surface area contributed by atoms with E-state index < -0.39 is 0 Å². The van der Waals surface area contributed by atoms with E-state index in [9.17, 15) is 4.79 Å². The van der Waals surface area contributed by atoms with Crippen molar-refractivity contribution in [2.45, 2.75) is 38.6 Å². The molecule has 1 aromatic heterocycles. The van der Waals surface area contributed by atoms with E-state index in [4.69, 9.17) is 0 Å². The number of hydrogen-bond donors (Lipinski definition) is 0. The molecule has 4 heteroatoms. The Morgan fingerprint density at radius 3 is 2.61 bits per heavy atom. The van der Waals surface area contributed by atoms with Crippen LogP contribution in [0.4, 0.5) is 0 Å². The molecule has 0 bridgehead atoms. The van der Waals surface area contributed by atoms with Crippen LogP contribution in [0.5, 0.6) is 0 Å². The zero-order valence-electron chi connectivity index (χ0n) is 11.0. The molecule has 1 fully saturated rings. The van der Waals surface area contributed by atoms with Crippen molar-refractivity contribution in [1.82, 2.24) is 4.90 Å². The highest BCUT2D eigenvalue weighted by Crippen LogP contribution is 2.27. The van der Waals surface area contributed by atoms with Crippen LogP contribution in [0.25, 0.3) is 0 Å². The average molecular weight is 330 g/mol. The molecular weight excluding hydrogens is 310 g/mol. The van der Waals surface area contributed by atoms with Gasteiger partial charge in [-0.25, -0.2) is 0 Å². The number of carbonyl (C=O) groups is 1. The predicted octanol–water partition coefficient (Wildman–Crippen LogP) is 4.20. The van der Waals surface area contributed by atoms with Gasteiger partial charge in [-0.15, -0.1) is 11.3 Å². The molecule has 0 saturated heterocycles. The fourth-order valence-electron chi connectivity index (χ4n) is 2.58. The van der Waals surface area contributed by atoms with E-state index in [0.717, 1.165) is 14.6 Å². The summed E-state index contributed by atoms with van der Waals surface area (Å²) in [6.45, 7) is 2.87. The zero-order valence-corrected chi connectivity index (χ0v) is 13.4. The molecule has 2 rings (SSSR count). The highest BCUT2D eigenvalue weighted by molar-refractivity contribution is 9.11. The van der Waals surface area contributed by atoms with E-state index in [2.05, 4.69) is 34.8 Å². The molecule has 1 aromatic rings. The molecule has 0 N–H and O–H groups in total. The summed E-state index contributed by atoms with van der Waals surface area (Å²) in [6.07, 6.45) is 5.07. The lowest BCUT2D eigenvalue weighted by molar-refractivity contribution is 0.0893. The van der Waals surface area contributed by atoms with Crippen LogP contribution in [-0.4, -0.2) is 30.3 Å². The third-order valence-electron chi connectivity index (χ3n) is 3.85. The van der Waals surface area contributed by atoms with Gasteiger partial charge < -0.3 is 0 Å². The molecule has 100 valence electrons. The van der Waals surface area contributed by atoms with Crippen molar-refractivity contribution in [1.29, 1.82) is 0 Å². The third kappa shape index (κ3) is 3.65. The second-order valence-electron chi connectivity index (χ2n) is 5.36. The summed E-state index contributed by atoms with van der Waals surface area (Å²) in [6, 6.07) is 4.45. The van der Waals surface area contributed by atoms with Crippen molar-refractivity contribution in [3.05, 3.63) is 20.8 Å². The highest BCUT2D eigenvalue weighted by atomic mass is 79.9. The lowest BCUT2D eigenvalue weighted by Crippen LogP contribution is -2.38. The van der Waals surface area contributed by atoms with Crippen molar-refractivity contribution in [3.63, 3.8) is 0 Å². The summed E-state index contributed by atoms with van der Waals surface area (Å²) >= 11 is 4.93. The molecule has 1 saturated carbocycles. The first-order valence-corrected chi connectivity index (χ1v) is 8.16. The Bertz CT molecular complexity index is 410. The quantitative estimate of drug-likeness (QED) is 0.771. The summed E-state index contributed by atoms with van der Waals surface area (Å²) in [5.41, 5.74) is 0. The number of halogens is 1. The minimum atomic E-state index is 0.242. The maximum atomic E-state index is 12.1. The van der Waals surface area contributed by atoms with Crippen molar-refractivity contribution >= 4 is 33.0 Å². The Balaban J connectivity index is 1.87. The molecule has 0 aromatic carbocycles. The Morgan fingerprint density at radius 1 is 1.39 bits per heavy atom. The molecule has 0 unspecified atom stereocenters. The van der Waals surface area contributed by atoms with E-state index in [0.29, 0.717) is 12.6 Å². The lowest BCUT2D eigenvalue weighted by atomic mass is 9.87. The first-order valence-electron chi connectivity index (χ1n) is 6.55. The first-order chi connectivity index (χ1) is 8.56.